The number of aliphatic imine (C=N–C) groups is 1. The molecule has 1 aromatic heterocycles. The highest BCUT2D eigenvalue weighted by Gasteiger charge is 2.61. The SMILES string of the molecule is CCOC(=O)C1=C(CN2CC(F)(F)[C@H]3[C@@H]2CN(C)N3CCC(C)(C)C(=O)O)NC(c2nccs2)=NC1c1cccc(F)c1Cl. The summed E-state index contributed by atoms with van der Waals surface area (Å²) in [7, 11) is 1.71. The van der Waals surface area contributed by atoms with Crippen molar-refractivity contribution >= 4 is 40.7 Å². The van der Waals surface area contributed by atoms with Gasteiger partial charge >= 0.3 is 11.9 Å². The number of aromatic nitrogens is 1. The van der Waals surface area contributed by atoms with Crippen LogP contribution < -0.4 is 5.32 Å². The molecule has 15 heteroatoms. The molecular formula is C29H34ClF3N6O4S. The zero-order chi connectivity index (χ0) is 32.0. The summed E-state index contributed by atoms with van der Waals surface area (Å²) in [5, 5.41) is 18.0. The van der Waals surface area contributed by atoms with E-state index in [1.54, 1.807) is 60.4 Å². The number of fused-ring (bicyclic) bond motifs is 1. The van der Waals surface area contributed by atoms with Gasteiger partial charge in [0.05, 0.1) is 29.2 Å². The molecule has 0 spiro atoms. The minimum absolute atomic E-state index is 0.0397. The molecule has 1 unspecified atom stereocenters. The van der Waals surface area contributed by atoms with E-state index in [4.69, 9.17) is 21.3 Å². The number of carboxylic acid groups (broad SMARTS) is 1. The van der Waals surface area contributed by atoms with E-state index in [9.17, 15) is 19.1 Å². The number of nitrogens with one attached hydrogen (secondary N) is 1. The monoisotopic (exact) mass is 654 g/mol. The van der Waals surface area contributed by atoms with E-state index >= 15 is 8.78 Å². The number of nitrogens with zero attached hydrogens (tertiary/aromatic N) is 5. The van der Waals surface area contributed by atoms with E-state index in [1.807, 2.05) is 0 Å². The number of rotatable bonds is 10. The lowest BCUT2D eigenvalue weighted by atomic mass is 9.89. The van der Waals surface area contributed by atoms with E-state index in [-0.39, 0.29) is 60.4 Å². The van der Waals surface area contributed by atoms with Crippen LogP contribution in [0.4, 0.5) is 13.2 Å². The molecule has 4 heterocycles. The summed E-state index contributed by atoms with van der Waals surface area (Å²) in [4.78, 5) is 35.8. The number of benzene rings is 1. The summed E-state index contributed by atoms with van der Waals surface area (Å²) in [5.41, 5.74) is -0.548. The van der Waals surface area contributed by atoms with Gasteiger partial charge in [-0.25, -0.2) is 33.0 Å². The molecule has 10 nitrogen and oxygen atoms in total. The number of likely N-dealkylation sites (N-methyl/N-ethyl adjacent to an activating group) is 1. The number of amidine groups is 1. The Morgan fingerprint density at radius 1 is 1.32 bits per heavy atom. The van der Waals surface area contributed by atoms with Crippen molar-refractivity contribution in [2.24, 2.45) is 10.4 Å². The molecule has 238 valence electrons. The molecule has 3 aliphatic heterocycles. The number of hydrogen-bond donors (Lipinski definition) is 2. The quantitative estimate of drug-likeness (QED) is 0.365. The van der Waals surface area contributed by atoms with Crippen LogP contribution in [-0.4, -0.2) is 101 Å². The highest BCUT2D eigenvalue weighted by Crippen LogP contribution is 2.43. The first kappa shape index (κ1) is 32.4. The van der Waals surface area contributed by atoms with E-state index < -0.39 is 53.8 Å². The third kappa shape index (κ3) is 6.10. The lowest BCUT2D eigenvalue weighted by Gasteiger charge is -2.33. The first-order valence-corrected chi connectivity index (χ1v) is 15.4. The second kappa shape index (κ2) is 12.4. The average Bonchev–Trinajstić information content (AvgIpc) is 3.66. The first-order valence-electron chi connectivity index (χ1n) is 14.2. The Balaban J connectivity index is 1.53. The van der Waals surface area contributed by atoms with Crippen molar-refractivity contribution in [2.45, 2.75) is 51.2 Å². The van der Waals surface area contributed by atoms with Gasteiger partial charge in [-0.1, -0.05) is 23.7 Å². The first-order chi connectivity index (χ1) is 20.7. The van der Waals surface area contributed by atoms with Gasteiger partial charge in [0.1, 0.15) is 17.9 Å². The Morgan fingerprint density at radius 2 is 2.07 bits per heavy atom. The van der Waals surface area contributed by atoms with Crippen LogP contribution in [0.3, 0.4) is 0 Å². The number of ether oxygens (including phenoxy) is 1. The molecule has 2 fully saturated rings. The summed E-state index contributed by atoms with van der Waals surface area (Å²) < 4.78 is 51.6. The molecule has 1 aromatic carbocycles. The van der Waals surface area contributed by atoms with Crippen LogP contribution in [0.25, 0.3) is 0 Å². The molecule has 0 radical (unpaired) electrons. The molecule has 0 saturated carbocycles. The third-order valence-electron chi connectivity index (χ3n) is 8.33. The van der Waals surface area contributed by atoms with Gasteiger partial charge in [-0.2, -0.15) is 0 Å². The molecular weight excluding hydrogens is 621 g/mol. The Labute approximate surface area is 262 Å². The van der Waals surface area contributed by atoms with Crippen molar-refractivity contribution < 1.29 is 32.6 Å². The van der Waals surface area contributed by atoms with Gasteiger partial charge in [-0.05, 0) is 33.3 Å². The summed E-state index contributed by atoms with van der Waals surface area (Å²) in [6.45, 7) is 4.54. The molecule has 0 bridgehead atoms. The number of carboxylic acids is 1. The van der Waals surface area contributed by atoms with Crippen molar-refractivity contribution in [1.29, 1.82) is 0 Å². The third-order valence-corrected chi connectivity index (χ3v) is 9.51. The number of aliphatic carboxylic acids is 1. The lowest BCUT2D eigenvalue weighted by molar-refractivity contribution is -0.149. The summed E-state index contributed by atoms with van der Waals surface area (Å²) in [6, 6.07) is 1.28. The maximum absolute atomic E-state index is 15.8. The van der Waals surface area contributed by atoms with Gasteiger partial charge in [0, 0.05) is 55.6 Å². The fourth-order valence-corrected chi connectivity index (χ4v) is 6.76. The number of carbonyl (C=O) groups excluding carboxylic acids is 1. The lowest BCUT2D eigenvalue weighted by Crippen LogP contribution is -2.49. The molecule has 2 aromatic rings. The van der Waals surface area contributed by atoms with Gasteiger partial charge in [-0.3, -0.25) is 14.7 Å². The minimum Gasteiger partial charge on any atom is -0.481 e. The Hall–Kier alpha value is -3.04. The van der Waals surface area contributed by atoms with Crippen molar-refractivity contribution in [2.75, 3.05) is 39.8 Å². The van der Waals surface area contributed by atoms with Gasteiger partial charge in [-0.15, -0.1) is 11.3 Å². The smallest absolute Gasteiger partial charge is 0.338 e. The number of halogens is 4. The fourth-order valence-electron chi connectivity index (χ4n) is 5.95. The second-order valence-corrected chi connectivity index (χ2v) is 13.0. The molecule has 3 aliphatic rings. The standard InChI is InChI=1S/C29H34ClF3N6O4S/c1-5-43-26(40)20-18(35-24(25-34-10-12-44-25)36-22(20)16-7-6-8-17(31)21(16)30)13-38-15-29(32,33)23-19(38)14-37(4)39(23)11-9-28(2,3)27(41)42/h6-8,10,12,19,22-23H,5,9,11,13-15H2,1-4H3,(H,35,36)(H,41,42)/t19-,22?,23+/m0/s1. The van der Waals surface area contributed by atoms with E-state index in [2.05, 4.69) is 10.3 Å². The second-order valence-electron chi connectivity index (χ2n) is 11.7. The molecule has 0 amide bonds. The average molecular weight is 655 g/mol. The zero-order valence-corrected chi connectivity index (χ0v) is 26.3. The van der Waals surface area contributed by atoms with Crippen molar-refractivity contribution in [3.63, 3.8) is 0 Å². The molecule has 44 heavy (non-hydrogen) atoms. The number of hydrogen-bond acceptors (Lipinski definition) is 10. The Bertz CT molecular complexity index is 1490. The molecule has 3 atom stereocenters. The van der Waals surface area contributed by atoms with Crippen LogP contribution in [0, 0.1) is 11.2 Å². The molecule has 5 rings (SSSR count). The number of hydrazine groups is 1. The maximum atomic E-state index is 15.8. The predicted molar refractivity (Wildman–Crippen MR) is 159 cm³/mol. The summed E-state index contributed by atoms with van der Waals surface area (Å²) >= 11 is 7.66. The minimum atomic E-state index is -3.14. The van der Waals surface area contributed by atoms with Crippen LogP contribution in [0.1, 0.15) is 43.8 Å². The highest BCUT2D eigenvalue weighted by atomic mass is 35.5. The summed E-state index contributed by atoms with van der Waals surface area (Å²) in [6.07, 6.45) is 1.76. The highest BCUT2D eigenvalue weighted by molar-refractivity contribution is 7.11. The molecule has 2 N–H and O–H groups in total. The van der Waals surface area contributed by atoms with E-state index in [0.29, 0.717) is 5.01 Å². The van der Waals surface area contributed by atoms with Crippen LogP contribution >= 0.6 is 22.9 Å². The fraction of sp³-hybridized carbons (Fsp3) is 0.517. The maximum Gasteiger partial charge on any atom is 0.338 e. The Kier molecular flexibility index (Phi) is 9.11. The van der Waals surface area contributed by atoms with Crippen molar-refractivity contribution in [3.8, 4) is 0 Å². The van der Waals surface area contributed by atoms with Gasteiger partial charge < -0.3 is 15.2 Å². The molecule has 2 saturated heterocycles. The number of carbonyl (C=O) groups is 2. The molecule has 0 aliphatic carbocycles. The Morgan fingerprint density at radius 3 is 2.73 bits per heavy atom. The van der Waals surface area contributed by atoms with Crippen LogP contribution in [0.2, 0.25) is 5.02 Å². The number of alkyl halides is 2. The van der Waals surface area contributed by atoms with Crippen LogP contribution in [-0.2, 0) is 14.3 Å². The van der Waals surface area contributed by atoms with Crippen LogP contribution in [0.15, 0.2) is 46.0 Å². The van der Waals surface area contributed by atoms with Crippen LogP contribution in [0.5, 0.6) is 0 Å². The van der Waals surface area contributed by atoms with Gasteiger partial charge in [0.15, 0.2) is 10.8 Å². The van der Waals surface area contributed by atoms with E-state index in [1.165, 1.54) is 23.5 Å². The topological polar surface area (TPSA) is 111 Å². The zero-order valence-electron chi connectivity index (χ0n) is 24.7. The number of esters is 1. The largest absolute Gasteiger partial charge is 0.481 e. The normalized spacial score (nSPS) is 24.3. The summed E-state index contributed by atoms with van der Waals surface area (Å²) in [5.74, 6) is -5.27. The van der Waals surface area contributed by atoms with Gasteiger partial charge in [0.25, 0.3) is 5.92 Å². The number of thiazole rings is 1. The van der Waals surface area contributed by atoms with Crippen molar-refractivity contribution in [1.82, 2.24) is 25.2 Å². The number of likely N-dealkylation sites (tertiary alicyclic amines) is 1. The predicted octanol–water partition coefficient (Wildman–Crippen LogP) is 4.20. The van der Waals surface area contributed by atoms with Gasteiger partial charge in [0.2, 0.25) is 0 Å². The van der Waals surface area contributed by atoms with E-state index in [0.717, 1.165) is 0 Å². The van der Waals surface area contributed by atoms with Crippen molar-refractivity contribution in [3.05, 3.63) is 62.5 Å².